The molecule has 1 N–H and O–H groups in total. The number of rotatable bonds is 2. The molecule has 0 aromatic carbocycles. The van der Waals surface area contributed by atoms with Crippen LogP contribution in [0, 0.1) is 5.92 Å². The van der Waals surface area contributed by atoms with E-state index in [1.54, 1.807) is 19.0 Å². The van der Waals surface area contributed by atoms with Crippen molar-refractivity contribution in [2.45, 2.75) is 50.2 Å². The SMILES string of the molecule is CN(C)C(=O)N1CCC(N2C3CCC2C(C(=O)O)C3)CC1. The second kappa shape index (κ2) is 5.48. The molecule has 3 heterocycles. The summed E-state index contributed by atoms with van der Waals surface area (Å²) in [6.07, 6.45) is 4.93. The smallest absolute Gasteiger partial charge is 0.319 e. The van der Waals surface area contributed by atoms with E-state index >= 15 is 0 Å². The Morgan fingerprint density at radius 3 is 2.24 bits per heavy atom. The molecule has 0 radical (unpaired) electrons. The van der Waals surface area contributed by atoms with Crippen LogP contribution in [0.5, 0.6) is 0 Å². The number of hydrogen-bond donors (Lipinski definition) is 1. The Labute approximate surface area is 125 Å². The van der Waals surface area contributed by atoms with Gasteiger partial charge in [0.25, 0.3) is 0 Å². The van der Waals surface area contributed by atoms with Crippen molar-refractivity contribution < 1.29 is 14.7 Å². The lowest BCUT2D eigenvalue weighted by Crippen LogP contribution is -2.50. The van der Waals surface area contributed by atoms with E-state index in [-0.39, 0.29) is 18.0 Å². The summed E-state index contributed by atoms with van der Waals surface area (Å²) in [5, 5.41) is 9.34. The Bertz CT molecular complexity index is 432. The predicted molar refractivity (Wildman–Crippen MR) is 78.1 cm³/mol. The first-order chi connectivity index (χ1) is 9.99. The molecule has 6 nitrogen and oxygen atoms in total. The van der Waals surface area contributed by atoms with Gasteiger partial charge in [-0.3, -0.25) is 9.69 Å². The van der Waals surface area contributed by atoms with Crippen molar-refractivity contribution in [2.75, 3.05) is 27.2 Å². The number of carboxylic acids is 1. The Morgan fingerprint density at radius 1 is 1.05 bits per heavy atom. The number of urea groups is 1. The van der Waals surface area contributed by atoms with Gasteiger partial charge in [0, 0.05) is 45.3 Å². The molecule has 0 spiro atoms. The van der Waals surface area contributed by atoms with Crippen LogP contribution in [0.2, 0.25) is 0 Å². The van der Waals surface area contributed by atoms with Crippen LogP contribution < -0.4 is 0 Å². The zero-order valence-corrected chi connectivity index (χ0v) is 12.9. The Kier molecular flexibility index (Phi) is 3.82. The highest BCUT2D eigenvalue weighted by Crippen LogP contribution is 2.44. The molecule has 3 unspecified atom stereocenters. The summed E-state index contributed by atoms with van der Waals surface area (Å²) in [6, 6.07) is 1.23. The van der Waals surface area contributed by atoms with Gasteiger partial charge in [0.2, 0.25) is 0 Å². The van der Waals surface area contributed by atoms with E-state index in [1.807, 2.05) is 4.90 Å². The van der Waals surface area contributed by atoms with E-state index in [0.717, 1.165) is 45.2 Å². The van der Waals surface area contributed by atoms with Gasteiger partial charge in [-0.1, -0.05) is 0 Å². The number of carbonyl (C=O) groups is 2. The van der Waals surface area contributed by atoms with Crippen molar-refractivity contribution in [1.82, 2.24) is 14.7 Å². The second-order valence-electron chi connectivity index (χ2n) is 6.82. The number of carbonyl (C=O) groups excluding carboxylic acids is 1. The molecule has 2 bridgehead atoms. The first kappa shape index (κ1) is 14.6. The molecule has 3 saturated heterocycles. The van der Waals surface area contributed by atoms with E-state index in [2.05, 4.69) is 4.90 Å². The third-order valence-corrected chi connectivity index (χ3v) is 5.45. The van der Waals surface area contributed by atoms with Gasteiger partial charge in [0.15, 0.2) is 0 Å². The number of likely N-dealkylation sites (tertiary alicyclic amines) is 1. The largest absolute Gasteiger partial charge is 0.481 e. The summed E-state index contributed by atoms with van der Waals surface area (Å²) in [5.74, 6) is -0.808. The summed E-state index contributed by atoms with van der Waals surface area (Å²) in [6.45, 7) is 1.57. The van der Waals surface area contributed by atoms with Crippen molar-refractivity contribution in [1.29, 1.82) is 0 Å². The fourth-order valence-electron chi connectivity index (χ4n) is 4.50. The minimum Gasteiger partial charge on any atom is -0.481 e. The van der Waals surface area contributed by atoms with E-state index in [9.17, 15) is 14.7 Å². The van der Waals surface area contributed by atoms with Crippen LogP contribution in [-0.4, -0.2) is 77.1 Å². The van der Waals surface area contributed by atoms with Crippen molar-refractivity contribution in [3.05, 3.63) is 0 Å². The zero-order valence-electron chi connectivity index (χ0n) is 12.9. The van der Waals surface area contributed by atoms with Gasteiger partial charge >= 0.3 is 12.0 Å². The number of aliphatic carboxylic acids is 1. The summed E-state index contributed by atoms with van der Waals surface area (Å²) in [7, 11) is 3.57. The zero-order chi connectivity index (χ0) is 15.1. The van der Waals surface area contributed by atoms with Crippen LogP contribution in [0.1, 0.15) is 32.1 Å². The van der Waals surface area contributed by atoms with E-state index < -0.39 is 5.97 Å². The lowest BCUT2D eigenvalue weighted by Gasteiger charge is -2.39. The van der Waals surface area contributed by atoms with Gasteiger partial charge in [0.05, 0.1) is 5.92 Å². The molecule has 3 fully saturated rings. The topological polar surface area (TPSA) is 64.1 Å². The minimum atomic E-state index is -0.632. The molecule has 6 heteroatoms. The highest BCUT2D eigenvalue weighted by molar-refractivity contribution is 5.74. The van der Waals surface area contributed by atoms with Crippen molar-refractivity contribution in [2.24, 2.45) is 5.92 Å². The third-order valence-electron chi connectivity index (χ3n) is 5.45. The molecule has 3 atom stereocenters. The Morgan fingerprint density at radius 2 is 1.71 bits per heavy atom. The van der Waals surface area contributed by atoms with Gasteiger partial charge in [-0.25, -0.2) is 4.79 Å². The highest BCUT2D eigenvalue weighted by atomic mass is 16.4. The number of hydrogen-bond acceptors (Lipinski definition) is 3. The molecule has 3 rings (SSSR count). The molecule has 3 aliphatic rings. The van der Waals surface area contributed by atoms with Gasteiger partial charge in [-0.15, -0.1) is 0 Å². The lowest BCUT2D eigenvalue weighted by atomic mass is 9.89. The van der Waals surface area contributed by atoms with E-state index in [0.29, 0.717) is 12.1 Å². The normalized spacial score (nSPS) is 33.4. The van der Waals surface area contributed by atoms with Gasteiger partial charge in [0.1, 0.15) is 0 Å². The maximum atomic E-state index is 12.0. The van der Waals surface area contributed by atoms with E-state index in [4.69, 9.17) is 0 Å². The van der Waals surface area contributed by atoms with Crippen LogP contribution in [0.4, 0.5) is 4.79 Å². The van der Waals surface area contributed by atoms with Crippen LogP contribution in [0.15, 0.2) is 0 Å². The van der Waals surface area contributed by atoms with Crippen LogP contribution in [-0.2, 0) is 4.79 Å². The average Bonchev–Trinajstić information content (AvgIpc) is 3.04. The first-order valence-corrected chi connectivity index (χ1v) is 7.95. The first-order valence-electron chi connectivity index (χ1n) is 7.95. The maximum absolute atomic E-state index is 12.0. The van der Waals surface area contributed by atoms with Crippen LogP contribution >= 0.6 is 0 Å². The predicted octanol–water partition coefficient (Wildman–Crippen LogP) is 1.07. The number of nitrogens with zero attached hydrogens (tertiary/aromatic N) is 3. The molecule has 0 aliphatic carbocycles. The summed E-state index contributed by atoms with van der Waals surface area (Å²) >= 11 is 0. The molecule has 2 amide bonds. The molecule has 3 aliphatic heterocycles. The summed E-state index contributed by atoms with van der Waals surface area (Å²) in [5.41, 5.74) is 0. The summed E-state index contributed by atoms with van der Waals surface area (Å²) in [4.78, 5) is 29.3. The molecular formula is C15H25N3O3. The molecule has 118 valence electrons. The van der Waals surface area contributed by atoms with Gasteiger partial charge in [-0.05, 0) is 32.1 Å². The Hall–Kier alpha value is -1.30. The average molecular weight is 295 g/mol. The summed E-state index contributed by atoms with van der Waals surface area (Å²) < 4.78 is 0. The molecule has 0 aromatic heterocycles. The van der Waals surface area contributed by atoms with Gasteiger partial charge < -0.3 is 14.9 Å². The van der Waals surface area contributed by atoms with E-state index in [1.165, 1.54) is 0 Å². The molecule has 0 saturated carbocycles. The lowest BCUT2D eigenvalue weighted by molar-refractivity contribution is -0.142. The minimum absolute atomic E-state index is 0.0845. The molecule has 21 heavy (non-hydrogen) atoms. The van der Waals surface area contributed by atoms with Gasteiger partial charge in [-0.2, -0.15) is 0 Å². The number of piperidine rings is 1. The Balaban J connectivity index is 1.61. The fraction of sp³-hybridized carbons (Fsp3) is 0.867. The number of carboxylic acid groups (broad SMARTS) is 1. The van der Waals surface area contributed by atoms with Crippen molar-refractivity contribution in [3.63, 3.8) is 0 Å². The number of fused-ring (bicyclic) bond motifs is 2. The maximum Gasteiger partial charge on any atom is 0.319 e. The van der Waals surface area contributed by atoms with Crippen molar-refractivity contribution >= 4 is 12.0 Å². The van der Waals surface area contributed by atoms with Crippen LogP contribution in [0.3, 0.4) is 0 Å². The third kappa shape index (κ3) is 2.50. The number of amides is 2. The highest BCUT2D eigenvalue weighted by Gasteiger charge is 2.51. The molecular weight excluding hydrogens is 270 g/mol. The monoisotopic (exact) mass is 295 g/mol. The quantitative estimate of drug-likeness (QED) is 0.827. The van der Waals surface area contributed by atoms with Crippen LogP contribution in [0.25, 0.3) is 0 Å². The molecule has 0 aromatic rings. The van der Waals surface area contributed by atoms with Crippen molar-refractivity contribution in [3.8, 4) is 0 Å². The standard InChI is InChI=1S/C15H25N3O3/c1-16(2)15(21)17-7-5-10(6-8-17)18-11-3-4-13(18)12(9-11)14(19)20/h10-13H,3-9H2,1-2H3,(H,19,20). The second-order valence-corrected chi connectivity index (χ2v) is 6.82. The fourth-order valence-corrected chi connectivity index (χ4v) is 4.50.